The van der Waals surface area contributed by atoms with Crippen LogP contribution in [0.1, 0.15) is 25.2 Å². The van der Waals surface area contributed by atoms with Gasteiger partial charge in [-0.3, -0.25) is 9.48 Å². The van der Waals surface area contributed by atoms with Crippen LogP contribution < -0.4 is 5.32 Å². The Hall–Kier alpha value is -1.37. The van der Waals surface area contributed by atoms with Gasteiger partial charge >= 0.3 is 5.97 Å². The summed E-state index contributed by atoms with van der Waals surface area (Å²) in [5.74, 6) is -1.06. The molecule has 0 spiro atoms. The molecule has 0 fully saturated rings. The number of rotatable bonds is 7. The van der Waals surface area contributed by atoms with Crippen LogP contribution in [-0.4, -0.2) is 33.3 Å². The molecule has 1 amide bonds. The minimum absolute atomic E-state index is 0.204. The smallest absolute Gasteiger partial charge is 0.326 e. The molecule has 2 N–H and O–H groups in total. The first-order chi connectivity index (χ1) is 8.54. The Morgan fingerprint density at radius 2 is 2.28 bits per heavy atom. The van der Waals surface area contributed by atoms with Crippen molar-refractivity contribution in [1.29, 1.82) is 0 Å². The summed E-state index contributed by atoms with van der Waals surface area (Å²) in [7, 11) is 0. The quantitative estimate of drug-likeness (QED) is 0.734. The first kappa shape index (κ1) is 14.7. The fraction of sp³-hybridized carbons (Fsp3) is 0.545. The lowest BCUT2D eigenvalue weighted by Gasteiger charge is -2.12. The number of carboxylic acid groups (broad SMARTS) is 1. The molecule has 0 aliphatic carbocycles. The molecule has 0 aliphatic rings. The molecule has 1 aromatic rings. The van der Waals surface area contributed by atoms with Crippen LogP contribution in [-0.2, 0) is 29.0 Å². The van der Waals surface area contributed by atoms with Gasteiger partial charge in [0.05, 0.1) is 15.9 Å². The molecule has 7 heteroatoms. The molecule has 0 saturated heterocycles. The second kappa shape index (κ2) is 6.53. The molecule has 18 heavy (non-hydrogen) atoms. The van der Waals surface area contributed by atoms with Crippen LogP contribution in [0.15, 0.2) is 4.47 Å². The molecular weight excluding hydrogens is 302 g/mol. The number of aryl methyl sites for hydroxylation is 2. The number of aliphatic carboxylic acids is 1. The lowest BCUT2D eigenvalue weighted by molar-refractivity contribution is -0.140. The monoisotopic (exact) mass is 317 g/mol. The van der Waals surface area contributed by atoms with Gasteiger partial charge in [-0.1, -0.05) is 6.92 Å². The van der Waals surface area contributed by atoms with E-state index in [9.17, 15) is 9.59 Å². The highest BCUT2D eigenvalue weighted by Crippen LogP contribution is 2.23. The van der Waals surface area contributed by atoms with Gasteiger partial charge in [-0.2, -0.15) is 5.10 Å². The van der Waals surface area contributed by atoms with Gasteiger partial charge < -0.3 is 10.4 Å². The zero-order valence-electron chi connectivity index (χ0n) is 10.3. The lowest BCUT2D eigenvalue weighted by atomic mass is 10.1. The number of carbonyl (C=O) groups is 2. The molecule has 0 saturated carbocycles. The van der Waals surface area contributed by atoms with Crippen LogP contribution in [0.3, 0.4) is 0 Å². The van der Waals surface area contributed by atoms with Gasteiger partial charge in [0.1, 0.15) is 6.04 Å². The molecule has 0 aromatic carbocycles. The van der Waals surface area contributed by atoms with Gasteiger partial charge in [-0.15, -0.1) is 0 Å². The average molecular weight is 318 g/mol. The van der Waals surface area contributed by atoms with E-state index in [2.05, 4.69) is 26.3 Å². The number of hydrogen-bond acceptors (Lipinski definition) is 3. The van der Waals surface area contributed by atoms with E-state index in [1.165, 1.54) is 0 Å². The second-order valence-electron chi connectivity index (χ2n) is 3.76. The third-order valence-corrected chi connectivity index (χ3v) is 3.57. The maximum absolute atomic E-state index is 11.0. The topological polar surface area (TPSA) is 84.2 Å². The number of aromatic nitrogens is 2. The van der Waals surface area contributed by atoms with E-state index in [-0.39, 0.29) is 6.42 Å². The van der Waals surface area contributed by atoms with Crippen LogP contribution in [0.5, 0.6) is 0 Å². The van der Waals surface area contributed by atoms with Crippen LogP contribution in [0.25, 0.3) is 0 Å². The van der Waals surface area contributed by atoms with Crippen molar-refractivity contribution in [1.82, 2.24) is 15.1 Å². The van der Waals surface area contributed by atoms with E-state index in [1.54, 1.807) is 4.68 Å². The van der Waals surface area contributed by atoms with Crippen molar-refractivity contribution in [3.05, 3.63) is 15.9 Å². The fourth-order valence-corrected chi connectivity index (χ4v) is 2.43. The van der Waals surface area contributed by atoms with Crippen LogP contribution in [0, 0.1) is 0 Å². The van der Waals surface area contributed by atoms with E-state index < -0.39 is 12.0 Å². The molecule has 0 aliphatic heterocycles. The van der Waals surface area contributed by atoms with Gasteiger partial charge in [0.15, 0.2) is 0 Å². The van der Waals surface area contributed by atoms with Crippen molar-refractivity contribution in [2.75, 3.05) is 0 Å². The normalized spacial score (nSPS) is 12.2. The Morgan fingerprint density at radius 3 is 2.72 bits per heavy atom. The minimum Gasteiger partial charge on any atom is -0.480 e. The second-order valence-corrected chi connectivity index (χ2v) is 4.55. The Morgan fingerprint density at radius 1 is 1.61 bits per heavy atom. The number of nitrogens with zero attached hydrogens (tertiary/aromatic N) is 2. The fourth-order valence-electron chi connectivity index (χ4n) is 1.71. The summed E-state index contributed by atoms with van der Waals surface area (Å²) in [5, 5.41) is 15.7. The van der Waals surface area contributed by atoms with E-state index in [0.717, 1.165) is 22.3 Å². The predicted molar refractivity (Wildman–Crippen MR) is 69.3 cm³/mol. The van der Waals surface area contributed by atoms with E-state index in [1.807, 2.05) is 13.8 Å². The zero-order chi connectivity index (χ0) is 13.7. The van der Waals surface area contributed by atoms with Gasteiger partial charge in [0, 0.05) is 13.0 Å². The van der Waals surface area contributed by atoms with E-state index in [0.29, 0.717) is 13.0 Å². The highest BCUT2D eigenvalue weighted by Gasteiger charge is 2.22. The Labute approximate surface area is 113 Å². The molecule has 1 atom stereocenters. The summed E-state index contributed by atoms with van der Waals surface area (Å²) < 4.78 is 2.58. The van der Waals surface area contributed by atoms with E-state index in [4.69, 9.17) is 5.11 Å². The van der Waals surface area contributed by atoms with Crippen molar-refractivity contribution in [2.45, 2.75) is 39.3 Å². The highest BCUT2D eigenvalue weighted by atomic mass is 79.9. The van der Waals surface area contributed by atoms with Crippen LogP contribution in [0.4, 0.5) is 0 Å². The van der Waals surface area contributed by atoms with E-state index >= 15 is 0 Å². The molecule has 1 aromatic heterocycles. The summed E-state index contributed by atoms with van der Waals surface area (Å²) >= 11 is 3.44. The van der Waals surface area contributed by atoms with Gasteiger partial charge in [-0.25, -0.2) is 4.79 Å². The number of amides is 1. The van der Waals surface area contributed by atoms with Crippen molar-refractivity contribution >= 4 is 28.3 Å². The molecule has 6 nitrogen and oxygen atoms in total. The summed E-state index contributed by atoms with van der Waals surface area (Å²) in [5.41, 5.74) is 1.68. The molecule has 0 bridgehead atoms. The molecule has 0 radical (unpaired) electrons. The number of carboxylic acids is 1. The van der Waals surface area contributed by atoms with Crippen molar-refractivity contribution in [3.63, 3.8) is 0 Å². The van der Waals surface area contributed by atoms with Crippen LogP contribution >= 0.6 is 15.9 Å². The molecule has 1 rings (SSSR count). The van der Waals surface area contributed by atoms with Crippen molar-refractivity contribution in [2.24, 2.45) is 0 Å². The predicted octanol–water partition coefficient (Wildman–Crippen LogP) is 0.970. The summed E-state index contributed by atoms with van der Waals surface area (Å²) in [6.45, 7) is 4.57. The van der Waals surface area contributed by atoms with Gasteiger partial charge in [0.25, 0.3) is 0 Å². The maximum Gasteiger partial charge on any atom is 0.326 e. The molecule has 1 unspecified atom stereocenters. The Kier molecular flexibility index (Phi) is 5.33. The SMILES string of the molecule is CCc1nn(CC)c(CC(NC=O)C(=O)O)c1Br. The van der Waals surface area contributed by atoms with Crippen LogP contribution in [0.2, 0.25) is 0 Å². The van der Waals surface area contributed by atoms with Gasteiger partial charge in [0.2, 0.25) is 6.41 Å². The summed E-state index contributed by atoms with van der Waals surface area (Å²) in [4.78, 5) is 21.4. The Balaban J connectivity index is 3.04. The highest BCUT2D eigenvalue weighted by molar-refractivity contribution is 9.10. The summed E-state index contributed by atoms with van der Waals surface area (Å²) in [6, 6.07) is -0.939. The zero-order valence-corrected chi connectivity index (χ0v) is 11.9. The summed E-state index contributed by atoms with van der Waals surface area (Å²) in [6.07, 6.45) is 1.37. The number of carbonyl (C=O) groups excluding carboxylic acids is 1. The maximum atomic E-state index is 11.0. The van der Waals surface area contributed by atoms with Gasteiger partial charge in [-0.05, 0) is 29.3 Å². The minimum atomic E-state index is -1.06. The third-order valence-electron chi connectivity index (χ3n) is 2.66. The molecule has 1 heterocycles. The largest absolute Gasteiger partial charge is 0.480 e. The van der Waals surface area contributed by atoms with Crippen molar-refractivity contribution < 1.29 is 14.7 Å². The molecular formula is C11H16BrN3O3. The third kappa shape index (κ3) is 3.10. The number of nitrogens with one attached hydrogen (secondary N) is 1. The number of halogens is 1. The lowest BCUT2D eigenvalue weighted by Crippen LogP contribution is -2.38. The first-order valence-corrected chi connectivity index (χ1v) is 6.50. The standard InChI is InChI=1S/C11H16BrN3O3/c1-3-7-10(12)9(15(4-2)14-7)5-8(11(17)18)13-6-16/h6,8H,3-5H2,1-2H3,(H,13,16)(H,17,18). The first-order valence-electron chi connectivity index (χ1n) is 5.71. The Bertz CT molecular complexity index is 445. The average Bonchev–Trinajstić information content (AvgIpc) is 2.65. The molecule has 100 valence electrons. The number of hydrogen-bond donors (Lipinski definition) is 2. The van der Waals surface area contributed by atoms with Crippen molar-refractivity contribution in [3.8, 4) is 0 Å².